The van der Waals surface area contributed by atoms with E-state index in [9.17, 15) is 14.4 Å². The lowest BCUT2D eigenvalue weighted by Gasteiger charge is -2.27. The van der Waals surface area contributed by atoms with E-state index in [-0.39, 0.29) is 5.57 Å². The highest BCUT2D eigenvalue weighted by Gasteiger charge is 2.38. The number of nitrogens with one attached hydrogen (secondary N) is 1. The molecule has 7 heteroatoms. The molecule has 1 aliphatic rings. The SMILES string of the molecule is CCOc1ccccc1N1C(=O)NC(=O)/C(=C\c2cccs2)C1=O. The predicted octanol–water partition coefficient (Wildman–Crippen LogP) is 2.81. The third-order valence-corrected chi connectivity index (χ3v) is 4.16. The summed E-state index contributed by atoms with van der Waals surface area (Å²) in [5.74, 6) is -0.985. The number of thiophene rings is 1. The number of hydrogen-bond acceptors (Lipinski definition) is 5. The van der Waals surface area contributed by atoms with Crippen molar-refractivity contribution in [1.29, 1.82) is 0 Å². The molecule has 24 heavy (non-hydrogen) atoms. The maximum atomic E-state index is 12.8. The summed E-state index contributed by atoms with van der Waals surface area (Å²) < 4.78 is 5.48. The number of benzene rings is 1. The van der Waals surface area contributed by atoms with E-state index in [1.165, 1.54) is 17.4 Å². The molecule has 0 saturated carbocycles. The Balaban J connectivity index is 2.03. The Morgan fingerprint density at radius 1 is 1.17 bits per heavy atom. The molecule has 122 valence electrons. The van der Waals surface area contributed by atoms with Crippen LogP contribution in [0.25, 0.3) is 6.08 Å². The molecule has 1 N–H and O–H groups in total. The zero-order valence-electron chi connectivity index (χ0n) is 12.8. The van der Waals surface area contributed by atoms with Gasteiger partial charge < -0.3 is 4.74 Å². The number of barbiturate groups is 1. The number of anilines is 1. The molecule has 6 nitrogen and oxygen atoms in total. The molecule has 1 aliphatic heterocycles. The molecule has 0 radical (unpaired) electrons. The minimum Gasteiger partial charge on any atom is -0.492 e. The fourth-order valence-corrected chi connectivity index (χ4v) is 2.97. The summed E-state index contributed by atoms with van der Waals surface area (Å²) in [6.45, 7) is 2.19. The van der Waals surface area contributed by atoms with Crippen molar-refractivity contribution in [3.8, 4) is 5.75 Å². The number of urea groups is 1. The number of ether oxygens (including phenoxy) is 1. The Morgan fingerprint density at radius 3 is 2.67 bits per heavy atom. The Morgan fingerprint density at radius 2 is 1.96 bits per heavy atom. The molecule has 3 rings (SSSR count). The highest BCUT2D eigenvalue weighted by Crippen LogP contribution is 2.31. The van der Waals surface area contributed by atoms with E-state index in [0.717, 1.165) is 9.78 Å². The third kappa shape index (κ3) is 2.93. The molecule has 0 spiro atoms. The smallest absolute Gasteiger partial charge is 0.336 e. The lowest BCUT2D eigenvalue weighted by molar-refractivity contribution is -0.122. The first kappa shape index (κ1) is 15.9. The summed E-state index contributed by atoms with van der Waals surface area (Å²) in [5.41, 5.74) is 0.204. The second kappa shape index (κ2) is 6.67. The largest absolute Gasteiger partial charge is 0.492 e. The van der Waals surface area contributed by atoms with Crippen molar-refractivity contribution in [2.45, 2.75) is 6.92 Å². The molecule has 1 fully saturated rings. The standard InChI is InChI=1S/C17H14N2O4S/c1-2-23-14-8-4-3-7-13(14)19-16(21)12(15(20)18-17(19)22)10-11-6-5-9-24-11/h3-10H,2H2,1H3,(H,18,20,22)/b12-10+. The van der Waals surface area contributed by atoms with Crippen molar-refractivity contribution >= 4 is 40.9 Å². The number of rotatable bonds is 4. The van der Waals surface area contributed by atoms with Gasteiger partial charge >= 0.3 is 6.03 Å². The van der Waals surface area contributed by atoms with Gasteiger partial charge in [-0.05, 0) is 36.6 Å². The van der Waals surface area contributed by atoms with Crippen LogP contribution in [0.3, 0.4) is 0 Å². The van der Waals surface area contributed by atoms with Gasteiger partial charge in [-0.15, -0.1) is 11.3 Å². The minimum absolute atomic E-state index is 0.0941. The summed E-state index contributed by atoms with van der Waals surface area (Å²) in [5, 5.41) is 4.04. The first-order valence-corrected chi connectivity index (χ1v) is 8.16. The lowest BCUT2D eigenvalue weighted by atomic mass is 10.1. The summed E-state index contributed by atoms with van der Waals surface area (Å²) in [6.07, 6.45) is 1.48. The maximum Gasteiger partial charge on any atom is 0.336 e. The molecule has 2 aromatic rings. The van der Waals surface area contributed by atoms with E-state index in [0.29, 0.717) is 18.0 Å². The van der Waals surface area contributed by atoms with Crippen LogP contribution in [-0.2, 0) is 9.59 Å². The van der Waals surface area contributed by atoms with Crippen LogP contribution >= 0.6 is 11.3 Å². The van der Waals surface area contributed by atoms with Gasteiger partial charge in [-0.3, -0.25) is 14.9 Å². The zero-order valence-corrected chi connectivity index (χ0v) is 13.6. The van der Waals surface area contributed by atoms with Crippen LogP contribution < -0.4 is 15.0 Å². The average molecular weight is 342 g/mol. The molecule has 4 amide bonds. The van der Waals surface area contributed by atoms with Crippen molar-refractivity contribution in [2.24, 2.45) is 0 Å². The molecule has 1 aromatic heterocycles. The van der Waals surface area contributed by atoms with Gasteiger partial charge in [0.1, 0.15) is 11.3 Å². The summed E-state index contributed by atoms with van der Waals surface area (Å²) in [4.78, 5) is 38.7. The van der Waals surface area contributed by atoms with Gasteiger partial charge in [0.25, 0.3) is 11.8 Å². The van der Waals surface area contributed by atoms with E-state index in [2.05, 4.69) is 5.32 Å². The summed E-state index contributed by atoms with van der Waals surface area (Å²) >= 11 is 1.39. The first-order chi connectivity index (χ1) is 11.6. The van der Waals surface area contributed by atoms with E-state index >= 15 is 0 Å². The highest BCUT2D eigenvalue weighted by molar-refractivity contribution is 7.10. The second-order valence-electron chi connectivity index (χ2n) is 4.87. The highest BCUT2D eigenvalue weighted by atomic mass is 32.1. The molecule has 0 atom stereocenters. The van der Waals surface area contributed by atoms with Gasteiger partial charge in [0.15, 0.2) is 0 Å². The fourth-order valence-electron chi connectivity index (χ4n) is 2.31. The molecular weight excluding hydrogens is 328 g/mol. The predicted molar refractivity (Wildman–Crippen MR) is 90.9 cm³/mol. The van der Waals surface area contributed by atoms with Gasteiger partial charge in [-0.1, -0.05) is 18.2 Å². The van der Waals surface area contributed by atoms with Crippen molar-refractivity contribution in [3.63, 3.8) is 0 Å². The Kier molecular flexibility index (Phi) is 4.43. The van der Waals surface area contributed by atoms with Crippen LogP contribution in [0.4, 0.5) is 10.5 Å². The second-order valence-corrected chi connectivity index (χ2v) is 5.85. The number of carbonyl (C=O) groups is 3. The molecule has 0 aliphatic carbocycles. The summed E-state index contributed by atoms with van der Waals surface area (Å²) in [6, 6.07) is 9.51. The average Bonchev–Trinajstić information content (AvgIpc) is 3.06. The normalized spacial score (nSPS) is 16.5. The molecule has 1 saturated heterocycles. The van der Waals surface area contributed by atoms with Crippen LogP contribution in [0, 0.1) is 0 Å². The zero-order chi connectivity index (χ0) is 17.1. The fraction of sp³-hybridized carbons (Fsp3) is 0.118. The molecule has 0 bridgehead atoms. The van der Waals surface area contributed by atoms with E-state index in [1.807, 2.05) is 11.4 Å². The topological polar surface area (TPSA) is 75.7 Å². The Hall–Kier alpha value is -2.93. The number of amides is 4. The van der Waals surface area contributed by atoms with Crippen LogP contribution in [0.15, 0.2) is 47.4 Å². The first-order valence-electron chi connectivity index (χ1n) is 7.28. The number of para-hydroxylation sites is 2. The molecule has 0 unspecified atom stereocenters. The lowest BCUT2D eigenvalue weighted by Crippen LogP contribution is -2.54. The minimum atomic E-state index is -0.791. The van der Waals surface area contributed by atoms with Crippen molar-refractivity contribution in [2.75, 3.05) is 11.5 Å². The number of hydrogen-bond donors (Lipinski definition) is 1. The van der Waals surface area contributed by atoms with Gasteiger partial charge in [-0.2, -0.15) is 0 Å². The van der Waals surface area contributed by atoms with Gasteiger partial charge in [0.2, 0.25) is 0 Å². The molecule has 1 aromatic carbocycles. The van der Waals surface area contributed by atoms with Crippen LogP contribution in [0.1, 0.15) is 11.8 Å². The van der Waals surface area contributed by atoms with E-state index < -0.39 is 17.8 Å². The number of carbonyl (C=O) groups excluding carboxylic acids is 3. The third-order valence-electron chi connectivity index (χ3n) is 3.34. The molecule has 2 heterocycles. The number of nitrogens with zero attached hydrogens (tertiary/aromatic N) is 1. The van der Waals surface area contributed by atoms with Crippen LogP contribution in [-0.4, -0.2) is 24.5 Å². The van der Waals surface area contributed by atoms with Crippen molar-refractivity contribution in [3.05, 3.63) is 52.2 Å². The van der Waals surface area contributed by atoms with Gasteiger partial charge in [-0.25, -0.2) is 9.69 Å². The Labute approximate surface area is 142 Å². The van der Waals surface area contributed by atoms with Crippen LogP contribution in [0.5, 0.6) is 5.75 Å². The molecular formula is C17H14N2O4S. The van der Waals surface area contributed by atoms with E-state index in [1.54, 1.807) is 37.3 Å². The number of imide groups is 2. The van der Waals surface area contributed by atoms with Crippen molar-refractivity contribution in [1.82, 2.24) is 5.32 Å². The maximum absolute atomic E-state index is 12.8. The summed E-state index contributed by atoms with van der Waals surface area (Å²) in [7, 11) is 0. The monoisotopic (exact) mass is 342 g/mol. The van der Waals surface area contributed by atoms with Crippen LogP contribution in [0.2, 0.25) is 0 Å². The Bertz CT molecular complexity index is 827. The van der Waals surface area contributed by atoms with Gasteiger partial charge in [0.05, 0.1) is 12.3 Å². The van der Waals surface area contributed by atoms with Crippen molar-refractivity contribution < 1.29 is 19.1 Å². The van der Waals surface area contributed by atoms with Gasteiger partial charge in [0, 0.05) is 4.88 Å². The quantitative estimate of drug-likeness (QED) is 0.685. The van der Waals surface area contributed by atoms with E-state index in [4.69, 9.17) is 4.74 Å².